The summed E-state index contributed by atoms with van der Waals surface area (Å²) in [6, 6.07) is 26.7. The van der Waals surface area contributed by atoms with Crippen LogP contribution in [-0.2, 0) is 4.79 Å². The number of nitrogens with zero attached hydrogens (tertiary/aromatic N) is 2. The maximum atomic E-state index is 12.7. The van der Waals surface area contributed by atoms with Crippen molar-refractivity contribution in [1.82, 2.24) is 9.80 Å². The van der Waals surface area contributed by atoms with Crippen molar-refractivity contribution >= 4 is 23.2 Å². The fourth-order valence-corrected chi connectivity index (χ4v) is 4.41. The van der Waals surface area contributed by atoms with Crippen molar-refractivity contribution in [3.05, 3.63) is 95.0 Å². The third-order valence-corrected chi connectivity index (χ3v) is 6.04. The van der Waals surface area contributed by atoms with Gasteiger partial charge in [-0.15, -0.1) is 0 Å². The second kappa shape index (κ2) is 10.6. The Hall–Kier alpha value is -2.86. The molecule has 0 radical (unpaired) electrons. The van der Waals surface area contributed by atoms with Gasteiger partial charge in [-0.05, 0) is 29.3 Å². The minimum Gasteiger partial charge on any atom is -0.495 e. The monoisotopic (exact) mass is 449 g/mol. The van der Waals surface area contributed by atoms with Crippen molar-refractivity contribution in [1.29, 1.82) is 0 Å². The number of carbonyl (C=O) groups is 1. The van der Waals surface area contributed by atoms with Crippen LogP contribution in [0.15, 0.2) is 78.9 Å². The first-order valence-corrected chi connectivity index (χ1v) is 11.2. The molecule has 0 bridgehead atoms. The molecule has 0 saturated carbocycles. The van der Waals surface area contributed by atoms with E-state index in [1.54, 1.807) is 25.3 Å². The van der Waals surface area contributed by atoms with E-state index in [0.717, 1.165) is 26.2 Å². The van der Waals surface area contributed by atoms with Crippen LogP contribution in [-0.4, -0.2) is 55.5 Å². The van der Waals surface area contributed by atoms with Crippen LogP contribution in [0.1, 0.15) is 17.2 Å². The molecule has 6 heteroatoms. The van der Waals surface area contributed by atoms with Crippen molar-refractivity contribution in [3.63, 3.8) is 0 Å². The van der Waals surface area contributed by atoms with Crippen LogP contribution < -0.4 is 10.1 Å². The van der Waals surface area contributed by atoms with E-state index >= 15 is 0 Å². The fraction of sp³-hybridized carbons (Fsp3) is 0.269. The average molecular weight is 450 g/mol. The number of carbonyl (C=O) groups excluding carboxylic acids is 1. The van der Waals surface area contributed by atoms with E-state index in [9.17, 15) is 4.79 Å². The van der Waals surface area contributed by atoms with E-state index in [2.05, 4.69) is 75.8 Å². The van der Waals surface area contributed by atoms with Crippen LogP contribution in [0.25, 0.3) is 0 Å². The summed E-state index contributed by atoms with van der Waals surface area (Å²) >= 11 is 6.07. The lowest BCUT2D eigenvalue weighted by atomic mass is 9.96. The Morgan fingerprint density at radius 3 is 2.09 bits per heavy atom. The molecule has 166 valence electrons. The van der Waals surface area contributed by atoms with Crippen molar-refractivity contribution in [2.45, 2.75) is 6.04 Å². The Morgan fingerprint density at radius 2 is 1.53 bits per heavy atom. The van der Waals surface area contributed by atoms with Crippen LogP contribution in [0.3, 0.4) is 0 Å². The summed E-state index contributed by atoms with van der Waals surface area (Å²) in [4.78, 5) is 17.3. The highest BCUT2D eigenvalue weighted by Gasteiger charge is 2.27. The number of anilines is 1. The molecule has 0 spiro atoms. The Morgan fingerprint density at radius 1 is 0.938 bits per heavy atom. The zero-order valence-electron chi connectivity index (χ0n) is 18.2. The Balaban J connectivity index is 1.39. The van der Waals surface area contributed by atoms with Gasteiger partial charge in [-0.2, -0.15) is 0 Å². The van der Waals surface area contributed by atoms with Crippen molar-refractivity contribution in [2.75, 3.05) is 45.2 Å². The van der Waals surface area contributed by atoms with Gasteiger partial charge in [0.05, 0.1) is 25.4 Å². The van der Waals surface area contributed by atoms with Crippen LogP contribution in [0, 0.1) is 0 Å². The van der Waals surface area contributed by atoms with E-state index in [1.165, 1.54) is 11.1 Å². The molecular formula is C26H28ClN3O2. The minimum absolute atomic E-state index is 0.0679. The number of piperazine rings is 1. The third kappa shape index (κ3) is 5.49. The van der Waals surface area contributed by atoms with Crippen LogP contribution in [0.4, 0.5) is 5.69 Å². The number of rotatable bonds is 7. The number of benzene rings is 3. The average Bonchev–Trinajstić information content (AvgIpc) is 2.82. The molecule has 4 rings (SSSR count). The molecule has 3 aromatic carbocycles. The standard InChI is InChI=1S/C26H28ClN3O2/c1-32-24-13-12-22(27)18-23(24)28-25(31)19-29-14-16-30(17-15-29)26(20-8-4-2-5-9-20)21-10-6-3-7-11-21/h2-13,18,26H,14-17,19H2,1H3,(H,28,31). The van der Waals surface area contributed by atoms with Crippen molar-refractivity contribution in [2.24, 2.45) is 0 Å². The van der Waals surface area contributed by atoms with Crippen LogP contribution in [0.2, 0.25) is 5.02 Å². The Bertz CT molecular complexity index is 982. The summed E-state index contributed by atoms with van der Waals surface area (Å²) in [6.45, 7) is 3.78. The van der Waals surface area contributed by atoms with Gasteiger partial charge in [0.25, 0.3) is 0 Å². The van der Waals surface area contributed by atoms with Gasteiger partial charge in [0.1, 0.15) is 5.75 Å². The van der Waals surface area contributed by atoms with E-state index in [1.807, 2.05) is 0 Å². The first-order valence-electron chi connectivity index (χ1n) is 10.8. The summed E-state index contributed by atoms with van der Waals surface area (Å²) in [7, 11) is 1.58. The highest BCUT2D eigenvalue weighted by Crippen LogP contribution is 2.30. The van der Waals surface area contributed by atoms with E-state index < -0.39 is 0 Å². The highest BCUT2D eigenvalue weighted by atomic mass is 35.5. The molecule has 0 atom stereocenters. The molecule has 1 heterocycles. The SMILES string of the molecule is COc1ccc(Cl)cc1NC(=O)CN1CCN(C(c2ccccc2)c2ccccc2)CC1. The molecule has 3 aromatic rings. The molecule has 1 N–H and O–H groups in total. The largest absolute Gasteiger partial charge is 0.495 e. The normalized spacial score (nSPS) is 15.0. The summed E-state index contributed by atoms with van der Waals surface area (Å²) in [6.07, 6.45) is 0. The number of halogens is 1. The van der Waals surface area contributed by atoms with Gasteiger partial charge < -0.3 is 10.1 Å². The highest BCUT2D eigenvalue weighted by molar-refractivity contribution is 6.31. The predicted octanol–water partition coefficient (Wildman–Crippen LogP) is 4.69. The van der Waals surface area contributed by atoms with E-state index in [4.69, 9.17) is 16.3 Å². The lowest BCUT2D eigenvalue weighted by Crippen LogP contribution is -2.49. The number of hydrogen-bond donors (Lipinski definition) is 1. The van der Waals surface area contributed by atoms with Gasteiger partial charge in [0, 0.05) is 31.2 Å². The predicted molar refractivity (Wildman–Crippen MR) is 129 cm³/mol. The molecule has 5 nitrogen and oxygen atoms in total. The topological polar surface area (TPSA) is 44.8 Å². The van der Waals surface area contributed by atoms with Gasteiger partial charge in [-0.1, -0.05) is 72.3 Å². The van der Waals surface area contributed by atoms with Gasteiger partial charge >= 0.3 is 0 Å². The molecule has 1 aliphatic heterocycles. The lowest BCUT2D eigenvalue weighted by Gasteiger charge is -2.39. The van der Waals surface area contributed by atoms with Gasteiger partial charge in [0.15, 0.2) is 0 Å². The second-order valence-corrected chi connectivity index (χ2v) is 8.37. The molecular weight excluding hydrogens is 422 g/mol. The van der Waals surface area contributed by atoms with Gasteiger partial charge in [-0.25, -0.2) is 0 Å². The number of ether oxygens (including phenoxy) is 1. The van der Waals surface area contributed by atoms with Crippen molar-refractivity contribution in [3.8, 4) is 5.75 Å². The minimum atomic E-state index is -0.0679. The first-order chi connectivity index (χ1) is 15.6. The first kappa shape index (κ1) is 22.3. The zero-order chi connectivity index (χ0) is 22.3. The summed E-state index contributed by atoms with van der Waals surface area (Å²) < 4.78 is 5.32. The molecule has 1 saturated heterocycles. The summed E-state index contributed by atoms with van der Waals surface area (Å²) in [5.41, 5.74) is 3.17. The molecule has 0 aromatic heterocycles. The smallest absolute Gasteiger partial charge is 0.238 e. The lowest BCUT2D eigenvalue weighted by molar-refractivity contribution is -0.117. The zero-order valence-corrected chi connectivity index (χ0v) is 19.0. The number of methoxy groups -OCH3 is 1. The van der Waals surface area contributed by atoms with Gasteiger partial charge in [0.2, 0.25) is 5.91 Å². The fourth-order valence-electron chi connectivity index (χ4n) is 4.24. The molecule has 1 fully saturated rings. The Labute approximate surface area is 194 Å². The quantitative estimate of drug-likeness (QED) is 0.568. The molecule has 1 amide bonds. The summed E-state index contributed by atoms with van der Waals surface area (Å²) in [5, 5.41) is 3.49. The number of hydrogen-bond acceptors (Lipinski definition) is 4. The number of amides is 1. The van der Waals surface area contributed by atoms with Crippen LogP contribution >= 0.6 is 11.6 Å². The maximum Gasteiger partial charge on any atom is 0.238 e. The Kier molecular flexibility index (Phi) is 7.43. The van der Waals surface area contributed by atoms with Crippen LogP contribution in [0.5, 0.6) is 5.75 Å². The second-order valence-electron chi connectivity index (χ2n) is 7.93. The molecule has 0 aliphatic carbocycles. The van der Waals surface area contributed by atoms with E-state index in [0.29, 0.717) is 23.0 Å². The third-order valence-electron chi connectivity index (χ3n) is 5.81. The molecule has 0 unspecified atom stereocenters. The molecule has 1 aliphatic rings. The number of nitrogens with one attached hydrogen (secondary N) is 1. The maximum absolute atomic E-state index is 12.7. The summed E-state index contributed by atoms with van der Waals surface area (Å²) in [5.74, 6) is 0.530. The van der Waals surface area contributed by atoms with E-state index in [-0.39, 0.29) is 11.9 Å². The molecule has 32 heavy (non-hydrogen) atoms. The van der Waals surface area contributed by atoms with Gasteiger partial charge in [-0.3, -0.25) is 14.6 Å². The van der Waals surface area contributed by atoms with Crippen molar-refractivity contribution < 1.29 is 9.53 Å².